The summed E-state index contributed by atoms with van der Waals surface area (Å²) in [5, 5.41) is 7.38. The average Bonchev–Trinajstić information content (AvgIpc) is 2.53. The van der Waals surface area contributed by atoms with E-state index in [-0.39, 0.29) is 5.69 Å². The van der Waals surface area contributed by atoms with Crippen LogP contribution in [0.3, 0.4) is 0 Å². The van der Waals surface area contributed by atoms with Gasteiger partial charge in [-0.3, -0.25) is 4.79 Å². The second-order valence-electron chi connectivity index (χ2n) is 5.42. The van der Waals surface area contributed by atoms with Crippen LogP contribution in [-0.2, 0) is 4.79 Å². The van der Waals surface area contributed by atoms with Gasteiger partial charge in [-0.15, -0.1) is 0 Å². The first-order valence-corrected chi connectivity index (χ1v) is 7.00. The van der Waals surface area contributed by atoms with E-state index in [1.165, 1.54) is 6.07 Å². The molecule has 0 aliphatic rings. The first-order valence-electron chi connectivity index (χ1n) is 7.00. The summed E-state index contributed by atoms with van der Waals surface area (Å²) >= 11 is 0. The fourth-order valence-corrected chi connectivity index (χ4v) is 3.04. The van der Waals surface area contributed by atoms with E-state index >= 15 is 0 Å². The zero-order chi connectivity index (χ0) is 16.2. The Balaban J connectivity index is 2.02. The van der Waals surface area contributed by atoms with Gasteiger partial charge in [0.2, 0.25) is 0 Å². The monoisotopic (exact) mass is 313 g/mol. The Kier molecular flexibility index (Phi) is 2.75. The number of carbonyl (C=O) groups is 1. The van der Waals surface area contributed by atoms with E-state index in [0.29, 0.717) is 5.39 Å². The zero-order valence-electron chi connectivity index (χ0n) is 11.7. The number of hydrogen-bond donors (Lipinski definition) is 1. The van der Waals surface area contributed by atoms with Crippen LogP contribution in [0.1, 0.15) is 0 Å². The molecule has 1 amide bonds. The molecule has 0 saturated carbocycles. The normalized spacial score (nSPS) is 12.3. The van der Waals surface area contributed by atoms with Gasteiger partial charge < -0.3 is 5.32 Å². The maximum atomic E-state index is 12.5. The minimum Gasteiger partial charge on any atom is -0.318 e. The molecule has 5 heteroatoms. The van der Waals surface area contributed by atoms with Crippen molar-refractivity contribution in [1.82, 2.24) is 0 Å². The van der Waals surface area contributed by atoms with Gasteiger partial charge in [0.1, 0.15) is 0 Å². The molecule has 4 aromatic carbocycles. The quantitative estimate of drug-likeness (QED) is 0.488. The first kappa shape index (κ1) is 13.8. The van der Waals surface area contributed by atoms with Crippen LogP contribution in [0, 0.1) is 0 Å². The van der Waals surface area contributed by atoms with Crippen molar-refractivity contribution in [3.63, 3.8) is 0 Å². The number of nitrogens with one attached hydrogen (secondary N) is 1. The number of carbonyl (C=O) groups excluding carboxylic acids is 1. The number of amides is 1. The van der Waals surface area contributed by atoms with Gasteiger partial charge in [0, 0.05) is 11.1 Å². The highest BCUT2D eigenvalue weighted by atomic mass is 19.4. The van der Waals surface area contributed by atoms with E-state index in [1.54, 1.807) is 12.1 Å². The topological polar surface area (TPSA) is 29.1 Å². The summed E-state index contributed by atoms with van der Waals surface area (Å²) in [6.45, 7) is 0. The predicted octanol–water partition coefficient (Wildman–Crippen LogP) is 5.08. The third-order valence-corrected chi connectivity index (χ3v) is 4.03. The molecule has 0 radical (unpaired) electrons. The lowest BCUT2D eigenvalue weighted by Gasteiger charge is -2.15. The number of benzene rings is 4. The van der Waals surface area contributed by atoms with Crippen molar-refractivity contribution >= 4 is 43.9 Å². The molecule has 0 saturated heterocycles. The van der Waals surface area contributed by atoms with Crippen LogP contribution in [-0.4, -0.2) is 12.1 Å². The average molecular weight is 313 g/mol. The molecule has 0 heterocycles. The Labute approximate surface area is 128 Å². The van der Waals surface area contributed by atoms with Crippen molar-refractivity contribution in [3.05, 3.63) is 54.6 Å². The van der Waals surface area contributed by atoms with Gasteiger partial charge in [-0.1, -0.05) is 48.5 Å². The maximum Gasteiger partial charge on any atom is 0.471 e. The molecule has 2 nitrogen and oxygen atoms in total. The van der Waals surface area contributed by atoms with Crippen molar-refractivity contribution in [2.24, 2.45) is 0 Å². The van der Waals surface area contributed by atoms with Gasteiger partial charge in [0.25, 0.3) is 0 Å². The Morgan fingerprint density at radius 1 is 0.783 bits per heavy atom. The molecular formula is C18H10F3NO. The number of halogens is 3. The van der Waals surface area contributed by atoms with Crippen LogP contribution >= 0.6 is 0 Å². The molecule has 0 aliphatic heterocycles. The highest BCUT2D eigenvalue weighted by Crippen LogP contribution is 2.37. The zero-order valence-corrected chi connectivity index (χ0v) is 11.7. The molecule has 23 heavy (non-hydrogen) atoms. The first-order chi connectivity index (χ1) is 10.9. The molecule has 1 N–H and O–H groups in total. The lowest BCUT2D eigenvalue weighted by atomic mass is 9.93. The third kappa shape index (κ3) is 2.08. The summed E-state index contributed by atoms with van der Waals surface area (Å²) in [6, 6.07) is 16.6. The van der Waals surface area contributed by atoms with Gasteiger partial charge in [0.15, 0.2) is 0 Å². The summed E-state index contributed by atoms with van der Waals surface area (Å²) in [5.41, 5.74) is 0.165. The van der Waals surface area contributed by atoms with Gasteiger partial charge in [-0.05, 0) is 33.0 Å². The van der Waals surface area contributed by atoms with Crippen LogP contribution < -0.4 is 5.32 Å². The largest absolute Gasteiger partial charge is 0.471 e. The highest BCUT2D eigenvalue weighted by molar-refractivity contribution is 6.25. The van der Waals surface area contributed by atoms with E-state index < -0.39 is 12.1 Å². The lowest BCUT2D eigenvalue weighted by Crippen LogP contribution is -2.29. The molecule has 0 fully saturated rings. The van der Waals surface area contributed by atoms with E-state index in [9.17, 15) is 18.0 Å². The Bertz CT molecular complexity index is 1040. The smallest absolute Gasteiger partial charge is 0.318 e. The Morgan fingerprint density at radius 2 is 1.35 bits per heavy atom. The summed E-state index contributed by atoms with van der Waals surface area (Å²) in [4.78, 5) is 11.3. The number of alkyl halides is 3. The van der Waals surface area contributed by atoms with Crippen LogP contribution in [0.2, 0.25) is 0 Å². The van der Waals surface area contributed by atoms with E-state index in [1.807, 2.05) is 41.7 Å². The fraction of sp³-hybridized carbons (Fsp3) is 0.0556. The Hall–Kier alpha value is -2.82. The van der Waals surface area contributed by atoms with Crippen molar-refractivity contribution in [1.29, 1.82) is 0 Å². The van der Waals surface area contributed by atoms with Crippen molar-refractivity contribution < 1.29 is 18.0 Å². The fourth-order valence-electron chi connectivity index (χ4n) is 3.04. The molecule has 0 bridgehead atoms. The summed E-state index contributed by atoms with van der Waals surface area (Å²) in [7, 11) is 0. The third-order valence-electron chi connectivity index (χ3n) is 4.03. The summed E-state index contributed by atoms with van der Waals surface area (Å²) < 4.78 is 37.6. The van der Waals surface area contributed by atoms with Crippen molar-refractivity contribution in [3.8, 4) is 0 Å². The van der Waals surface area contributed by atoms with E-state index in [4.69, 9.17) is 0 Å². The molecule has 0 unspecified atom stereocenters. The van der Waals surface area contributed by atoms with Crippen molar-refractivity contribution in [2.75, 3.05) is 5.32 Å². The predicted molar refractivity (Wildman–Crippen MR) is 84.8 cm³/mol. The van der Waals surface area contributed by atoms with E-state index in [2.05, 4.69) is 0 Å². The molecule has 0 aromatic heterocycles. The summed E-state index contributed by atoms with van der Waals surface area (Å²) in [5.74, 6) is -1.97. The molecule has 4 aromatic rings. The maximum absolute atomic E-state index is 12.5. The lowest BCUT2D eigenvalue weighted by molar-refractivity contribution is -0.167. The molecule has 0 atom stereocenters. The number of rotatable bonds is 1. The van der Waals surface area contributed by atoms with Crippen molar-refractivity contribution in [2.45, 2.75) is 6.18 Å². The molecule has 0 aliphatic carbocycles. The molecule has 4 rings (SSSR count). The second-order valence-corrected chi connectivity index (χ2v) is 5.42. The van der Waals surface area contributed by atoms with Gasteiger partial charge in [-0.2, -0.15) is 13.2 Å². The SMILES string of the molecule is O=C(Nc1ccc2ccc3cccc4ccc1c2c34)C(F)(F)F. The van der Waals surface area contributed by atoms with Crippen LogP contribution in [0.5, 0.6) is 0 Å². The second kappa shape index (κ2) is 4.59. The molecule has 114 valence electrons. The molecule has 0 spiro atoms. The van der Waals surface area contributed by atoms with Gasteiger partial charge in [-0.25, -0.2) is 0 Å². The number of hydrogen-bond acceptors (Lipinski definition) is 1. The molecular weight excluding hydrogens is 303 g/mol. The highest BCUT2D eigenvalue weighted by Gasteiger charge is 2.38. The van der Waals surface area contributed by atoms with Gasteiger partial charge in [0.05, 0.1) is 0 Å². The van der Waals surface area contributed by atoms with E-state index in [0.717, 1.165) is 26.9 Å². The Morgan fingerprint density at radius 3 is 2.00 bits per heavy atom. The standard InChI is InChI=1S/C18H10F3NO/c19-18(20,21)17(23)22-14-9-7-12-5-4-10-2-1-3-11-6-8-13(14)16(12)15(10)11/h1-9H,(H,22,23). The van der Waals surface area contributed by atoms with Crippen LogP contribution in [0.15, 0.2) is 54.6 Å². The van der Waals surface area contributed by atoms with Crippen LogP contribution in [0.25, 0.3) is 32.3 Å². The minimum atomic E-state index is -4.91. The van der Waals surface area contributed by atoms with Crippen LogP contribution in [0.4, 0.5) is 18.9 Å². The number of anilines is 1. The minimum absolute atomic E-state index is 0.165. The summed E-state index contributed by atoms with van der Waals surface area (Å²) in [6.07, 6.45) is -4.91. The van der Waals surface area contributed by atoms with Gasteiger partial charge >= 0.3 is 12.1 Å².